The summed E-state index contributed by atoms with van der Waals surface area (Å²) < 4.78 is 0. The van der Waals surface area contributed by atoms with Gasteiger partial charge in [0.05, 0.1) is 11.4 Å². The van der Waals surface area contributed by atoms with Crippen molar-refractivity contribution in [3.8, 4) is 10.6 Å². The zero-order valence-electron chi connectivity index (χ0n) is 9.48. The zero-order chi connectivity index (χ0) is 11.5. The molecule has 0 aliphatic rings. The summed E-state index contributed by atoms with van der Waals surface area (Å²) >= 11 is 1.58. The molecule has 2 aromatic rings. The molecule has 2 rings (SSSR count). The highest BCUT2D eigenvalue weighted by Gasteiger charge is 2.10. The van der Waals surface area contributed by atoms with Gasteiger partial charge in [0.15, 0.2) is 0 Å². The van der Waals surface area contributed by atoms with Crippen molar-refractivity contribution in [2.45, 2.75) is 20.4 Å². The molecule has 5 nitrogen and oxygen atoms in total. The first kappa shape index (κ1) is 11.1. The van der Waals surface area contributed by atoms with Gasteiger partial charge < -0.3 is 5.32 Å². The third kappa shape index (κ3) is 2.23. The lowest BCUT2D eigenvalue weighted by molar-refractivity contribution is 0.794. The minimum atomic E-state index is 0.744. The van der Waals surface area contributed by atoms with Crippen LogP contribution in [0.2, 0.25) is 0 Å². The van der Waals surface area contributed by atoms with Gasteiger partial charge in [0.25, 0.3) is 0 Å². The smallest absolute Gasteiger partial charge is 0.149 e. The number of nitrogens with one attached hydrogen (secondary N) is 1. The van der Waals surface area contributed by atoms with Gasteiger partial charge in [0.2, 0.25) is 0 Å². The lowest BCUT2D eigenvalue weighted by atomic mass is 10.2. The average Bonchev–Trinajstić information content (AvgIpc) is 2.71. The molecule has 0 saturated heterocycles. The Balaban J connectivity index is 2.38. The van der Waals surface area contributed by atoms with E-state index in [1.54, 1.807) is 11.3 Å². The maximum Gasteiger partial charge on any atom is 0.149 e. The molecule has 6 heteroatoms. The fourth-order valence-electron chi connectivity index (χ4n) is 1.35. The van der Waals surface area contributed by atoms with E-state index in [4.69, 9.17) is 0 Å². The summed E-state index contributed by atoms with van der Waals surface area (Å²) in [5.74, 6) is 0. The minimum absolute atomic E-state index is 0.744. The summed E-state index contributed by atoms with van der Waals surface area (Å²) in [6.07, 6.45) is 0. The fraction of sp³-hybridized carbons (Fsp3) is 0.400. The molecule has 0 saturated carbocycles. The number of hydrogen-bond donors (Lipinski definition) is 1. The molecule has 2 aromatic heterocycles. The van der Waals surface area contributed by atoms with Crippen LogP contribution in [-0.2, 0) is 6.54 Å². The maximum atomic E-state index is 4.17. The first-order chi connectivity index (χ1) is 7.70. The van der Waals surface area contributed by atoms with Gasteiger partial charge in [-0.25, -0.2) is 0 Å². The minimum Gasteiger partial charge on any atom is -0.313 e. The van der Waals surface area contributed by atoms with Crippen molar-refractivity contribution in [1.82, 2.24) is 25.7 Å². The molecule has 0 aromatic carbocycles. The summed E-state index contributed by atoms with van der Waals surface area (Å²) in [6, 6.07) is 1.99. The van der Waals surface area contributed by atoms with E-state index in [2.05, 4.69) is 25.7 Å². The van der Waals surface area contributed by atoms with Gasteiger partial charge in [0.1, 0.15) is 10.0 Å². The lowest BCUT2D eigenvalue weighted by Gasteiger charge is -1.99. The van der Waals surface area contributed by atoms with E-state index in [1.165, 1.54) is 0 Å². The highest BCUT2D eigenvalue weighted by molar-refractivity contribution is 7.14. The van der Waals surface area contributed by atoms with Crippen LogP contribution in [0.5, 0.6) is 0 Å². The third-order valence-electron chi connectivity index (χ3n) is 2.13. The monoisotopic (exact) mass is 235 g/mol. The molecule has 2 heterocycles. The van der Waals surface area contributed by atoms with Crippen LogP contribution in [0.1, 0.15) is 16.4 Å². The number of nitrogens with zero attached hydrogens (tertiary/aromatic N) is 4. The summed E-state index contributed by atoms with van der Waals surface area (Å²) in [5.41, 5.74) is 2.80. The molecule has 0 bridgehead atoms. The fourth-order valence-corrected chi connectivity index (χ4v) is 2.27. The normalized spacial score (nSPS) is 10.7. The highest BCUT2D eigenvalue weighted by Crippen LogP contribution is 2.25. The second-order valence-corrected chi connectivity index (χ2v) is 4.58. The van der Waals surface area contributed by atoms with Crippen LogP contribution in [0, 0.1) is 13.8 Å². The van der Waals surface area contributed by atoms with Crippen molar-refractivity contribution in [3.05, 3.63) is 22.5 Å². The van der Waals surface area contributed by atoms with E-state index < -0.39 is 0 Å². The predicted octanol–water partition coefficient (Wildman–Crippen LogP) is 1.33. The first-order valence-electron chi connectivity index (χ1n) is 4.99. The summed E-state index contributed by atoms with van der Waals surface area (Å²) in [7, 11) is 1.89. The predicted molar refractivity (Wildman–Crippen MR) is 63.2 cm³/mol. The average molecular weight is 235 g/mol. The van der Waals surface area contributed by atoms with Crippen LogP contribution >= 0.6 is 11.3 Å². The van der Waals surface area contributed by atoms with E-state index >= 15 is 0 Å². The molecule has 0 aliphatic heterocycles. The number of rotatable bonds is 3. The van der Waals surface area contributed by atoms with Crippen molar-refractivity contribution >= 4 is 11.3 Å². The second kappa shape index (κ2) is 4.63. The van der Waals surface area contributed by atoms with Gasteiger partial charge >= 0.3 is 0 Å². The number of aryl methyl sites for hydroxylation is 2. The van der Waals surface area contributed by atoms with Gasteiger partial charge in [-0.2, -0.15) is 10.2 Å². The van der Waals surface area contributed by atoms with Crippen LogP contribution in [-0.4, -0.2) is 27.4 Å². The molecule has 16 heavy (non-hydrogen) atoms. The van der Waals surface area contributed by atoms with Crippen molar-refractivity contribution in [3.63, 3.8) is 0 Å². The first-order valence-corrected chi connectivity index (χ1v) is 5.80. The number of hydrogen-bond acceptors (Lipinski definition) is 6. The molecule has 0 atom stereocenters. The Labute approximate surface area is 98.0 Å². The molecule has 0 unspecified atom stereocenters. The van der Waals surface area contributed by atoms with Crippen LogP contribution in [0.3, 0.4) is 0 Å². The largest absolute Gasteiger partial charge is 0.313 e. The van der Waals surface area contributed by atoms with E-state index in [-0.39, 0.29) is 0 Å². The highest BCUT2D eigenvalue weighted by atomic mass is 32.1. The molecular formula is C10H13N5S. The topological polar surface area (TPSA) is 63.6 Å². The van der Waals surface area contributed by atoms with Crippen LogP contribution in [0.25, 0.3) is 10.6 Å². The Morgan fingerprint density at radius 1 is 1.19 bits per heavy atom. The molecule has 0 spiro atoms. The Kier molecular flexibility index (Phi) is 3.21. The summed E-state index contributed by atoms with van der Waals surface area (Å²) in [6.45, 7) is 4.60. The van der Waals surface area contributed by atoms with Crippen LogP contribution in [0.4, 0.5) is 0 Å². The van der Waals surface area contributed by atoms with Gasteiger partial charge in [-0.15, -0.1) is 10.2 Å². The van der Waals surface area contributed by atoms with Crippen molar-refractivity contribution < 1.29 is 0 Å². The van der Waals surface area contributed by atoms with Crippen molar-refractivity contribution in [2.24, 2.45) is 0 Å². The lowest BCUT2D eigenvalue weighted by Crippen LogP contribution is -2.04. The Hall–Kier alpha value is -1.40. The van der Waals surface area contributed by atoms with Gasteiger partial charge in [0, 0.05) is 12.1 Å². The molecule has 0 fully saturated rings. The quantitative estimate of drug-likeness (QED) is 0.869. The zero-order valence-corrected chi connectivity index (χ0v) is 10.3. The molecule has 0 aliphatic carbocycles. The third-order valence-corrected chi connectivity index (χ3v) is 3.08. The second-order valence-electron chi connectivity index (χ2n) is 3.52. The van der Waals surface area contributed by atoms with Crippen molar-refractivity contribution in [1.29, 1.82) is 0 Å². The molecule has 0 radical (unpaired) electrons. The Morgan fingerprint density at radius 2 is 2.00 bits per heavy atom. The molecule has 1 N–H and O–H groups in total. The van der Waals surface area contributed by atoms with Gasteiger partial charge in [-0.1, -0.05) is 11.3 Å². The summed E-state index contributed by atoms with van der Waals surface area (Å²) in [4.78, 5) is 0. The standard InChI is InChI=1S/C10H13N5S/c1-6-4-8(7(2)13-12-6)10-15-14-9(16-10)5-11-3/h4,11H,5H2,1-3H3. The summed E-state index contributed by atoms with van der Waals surface area (Å²) in [5, 5.41) is 21.3. The molecule has 84 valence electrons. The Bertz CT molecular complexity index is 494. The van der Waals surface area contributed by atoms with Crippen molar-refractivity contribution in [2.75, 3.05) is 7.05 Å². The maximum absolute atomic E-state index is 4.17. The number of aromatic nitrogens is 4. The SMILES string of the molecule is CNCc1nnc(-c2cc(C)nnc2C)s1. The van der Waals surface area contributed by atoms with Gasteiger partial charge in [-0.3, -0.25) is 0 Å². The van der Waals surface area contributed by atoms with Gasteiger partial charge in [-0.05, 0) is 27.0 Å². The van der Waals surface area contributed by atoms with E-state index in [0.29, 0.717) is 0 Å². The van der Waals surface area contributed by atoms with E-state index in [1.807, 2.05) is 27.0 Å². The van der Waals surface area contributed by atoms with E-state index in [0.717, 1.165) is 33.5 Å². The molecule has 0 amide bonds. The Morgan fingerprint density at radius 3 is 2.75 bits per heavy atom. The van der Waals surface area contributed by atoms with Crippen LogP contribution in [0.15, 0.2) is 6.07 Å². The van der Waals surface area contributed by atoms with Crippen LogP contribution < -0.4 is 5.32 Å². The molecular weight excluding hydrogens is 222 g/mol. The van der Waals surface area contributed by atoms with E-state index in [9.17, 15) is 0 Å².